The Bertz CT molecular complexity index is 995. The Morgan fingerprint density at radius 1 is 1.12 bits per heavy atom. The molecule has 0 saturated heterocycles. The number of rotatable bonds is 8. The molecule has 2 amide bonds. The quantitative estimate of drug-likeness (QED) is 0.455. The van der Waals surface area contributed by atoms with E-state index in [0.717, 1.165) is 38.5 Å². The molecule has 2 aromatic rings. The van der Waals surface area contributed by atoms with Crippen LogP contribution < -0.4 is 15.4 Å². The van der Waals surface area contributed by atoms with Crippen LogP contribution in [0.1, 0.15) is 73.9 Å². The summed E-state index contributed by atoms with van der Waals surface area (Å²) in [4.78, 5) is 40.9. The van der Waals surface area contributed by atoms with E-state index in [4.69, 9.17) is 14.0 Å². The Morgan fingerprint density at radius 3 is 2.48 bits per heavy atom. The summed E-state index contributed by atoms with van der Waals surface area (Å²) in [5.74, 6) is 0.200. The standard InChI is InChI=1S/C23H30N4O6/c1-15(28)26-23(12-6-4-5-7-13-23)22-25-20(33-27-22)11-10-19(29)24-18-9-8-16(31-2)14-17(18)21(30)32-3/h8-9,14H,4-7,10-13H2,1-3H3,(H,24,29)(H,26,28). The molecule has 178 valence electrons. The van der Waals surface area contributed by atoms with E-state index in [1.807, 2.05) is 0 Å². The Morgan fingerprint density at radius 2 is 1.85 bits per heavy atom. The molecule has 1 aliphatic carbocycles. The summed E-state index contributed by atoms with van der Waals surface area (Å²) in [6.45, 7) is 1.49. The van der Waals surface area contributed by atoms with Crippen molar-refractivity contribution in [3.63, 3.8) is 0 Å². The van der Waals surface area contributed by atoms with E-state index >= 15 is 0 Å². The van der Waals surface area contributed by atoms with Crippen LogP contribution in [0.4, 0.5) is 5.69 Å². The summed E-state index contributed by atoms with van der Waals surface area (Å²) in [6, 6.07) is 4.72. The third kappa shape index (κ3) is 6.09. The second-order valence-electron chi connectivity index (χ2n) is 8.14. The molecule has 1 aromatic heterocycles. The van der Waals surface area contributed by atoms with Crippen molar-refractivity contribution < 1.29 is 28.4 Å². The number of carbonyl (C=O) groups excluding carboxylic acids is 3. The third-order valence-corrected chi connectivity index (χ3v) is 5.74. The van der Waals surface area contributed by atoms with Crippen molar-refractivity contribution in [2.24, 2.45) is 0 Å². The van der Waals surface area contributed by atoms with E-state index in [2.05, 4.69) is 20.8 Å². The number of hydrogen-bond acceptors (Lipinski definition) is 8. The number of benzene rings is 1. The summed E-state index contributed by atoms with van der Waals surface area (Å²) < 4.78 is 15.3. The Hall–Kier alpha value is -3.43. The summed E-state index contributed by atoms with van der Waals surface area (Å²) >= 11 is 0. The van der Waals surface area contributed by atoms with E-state index < -0.39 is 11.5 Å². The lowest BCUT2D eigenvalue weighted by Crippen LogP contribution is -2.45. The highest BCUT2D eigenvalue weighted by atomic mass is 16.5. The number of nitrogens with one attached hydrogen (secondary N) is 2. The summed E-state index contributed by atoms with van der Waals surface area (Å²) in [5.41, 5.74) is -0.122. The van der Waals surface area contributed by atoms with Gasteiger partial charge in [0.25, 0.3) is 0 Å². The summed E-state index contributed by atoms with van der Waals surface area (Å²) in [5, 5.41) is 9.88. The van der Waals surface area contributed by atoms with Crippen LogP contribution in [0.15, 0.2) is 22.7 Å². The number of esters is 1. The molecule has 3 rings (SSSR count). The molecular formula is C23H30N4O6. The fraction of sp³-hybridized carbons (Fsp3) is 0.522. The molecule has 10 heteroatoms. The first-order valence-electron chi connectivity index (χ1n) is 11.0. The first kappa shape index (κ1) is 24.2. The largest absolute Gasteiger partial charge is 0.497 e. The topological polar surface area (TPSA) is 133 Å². The Kier molecular flexibility index (Phi) is 8.02. The van der Waals surface area contributed by atoms with Crippen molar-refractivity contribution in [3.05, 3.63) is 35.5 Å². The number of methoxy groups -OCH3 is 2. The average molecular weight is 459 g/mol. The van der Waals surface area contributed by atoms with Crippen molar-refractivity contribution in [2.45, 2.75) is 63.8 Å². The molecular weight excluding hydrogens is 428 g/mol. The number of carbonyl (C=O) groups is 3. The van der Waals surface area contributed by atoms with Gasteiger partial charge in [0.2, 0.25) is 17.7 Å². The number of aryl methyl sites for hydroxylation is 1. The molecule has 0 bridgehead atoms. The van der Waals surface area contributed by atoms with Crippen molar-refractivity contribution >= 4 is 23.5 Å². The molecule has 10 nitrogen and oxygen atoms in total. The SMILES string of the molecule is COC(=O)c1cc(OC)ccc1NC(=O)CCc1nc(C2(NC(C)=O)CCCCCC2)no1. The van der Waals surface area contributed by atoms with Crippen molar-refractivity contribution in [3.8, 4) is 5.75 Å². The van der Waals surface area contributed by atoms with Crippen LogP contribution in [0.5, 0.6) is 5.75 Å². The first-order chi connectivity index (χ1) is 15.9. The predicted molar refractivity (Wildman–Crippen MR) is 119 cm³/mol. The van der Waals surface area contributed by atoms with Crippen molar-refractivity contribution in [2.75, 3.05) is 19.5 Å². The summed E-state index contributed by atoms with van der Waals surface area (Å²) in [7, 11) is 2.75. The second-order valence-corrected chi connectivity index (χ2v) is 8.14. The van der Waals surface area contributed by atoms with Crippen molar-refractivity contribution in [1.29, 1.82) is 0 Å². The zero-order chi connectivity index (χ0) is 23.8. The number of nitrogens with zero attached hydrogens (tertiary/aromatic N) is 2. The van der Waals surface area contributed by atoms with E-state index in [9.17, 15) is 14.4 Å². The Balaban J connectivity index is 1.67. The lowest BCUT2D eigenvalue weighted by atomic mass is 9.89. The van der Waals surface area contributed by atoms with Gasteiger partial charge >= 0.3 is 5.97 Å². The molecule has 1 aliphatic rings. The van der Waals surface area contributed by atoms with Gasteiger partial charge in [-0.25, -0.2) is 4.79 Å². The van der Waals surface area contributed by atoms with Gasteiger partial charge in [-0.15, -0.1) is 0 Å². The second kappa shape index (κ2) is 10.9. The van der Waals surface area contributed by atoms with Crippen LogP contribution >= 0.6 is 0 Å². The van der Waals surface area contributed by atoms with Crippen LogP contribution in [0.2, 0.25) is 0 Å². The van der Waals surface area contributed by atoms with Gasteiger partial charge in [0.1, 0.15) is 11.3 Å². The van der Waals surface area contributed by atoms with E-state index in [0.29, 0.717) is 23.2 Å². The highest BCUT2D eigenvalue weighted by Crippen LogP contribution is 2.34. The van der Waals surface area contributed by atoms with Gasteiger partial charge in [0.05, 0.1) is 25.5 Å². The molecule has 1 heterocycles. The lowest BCUT2D eigenvalue weighted by molar-refractivity contribution is -0.121. The first-order valence-corrected chi connectivity index (χ1v) is 11.0. The molecule has 2 N–H and O–H groups in total. The van der Waals surface area contributed by atoms with Crippen LogP contribution in [0.25, 0.3) is 0 Å². The minimum atomic E-state index is -0.634. The van der Waals surface area contributed by atoms with E-state index in [1.54, 1.807) is 12.1 Å². The van der Waals surface area contributed by atoms with Crippen LogP contribution in [-0.4, -0.2) is 42.1 Å². The number of anilines is 1. The number of aromatic nitrogens is 2. The maximum atomic E-state index is 12.5. The van der Waals surface area contributed by atoms with Gasteiger partial charge in [-0.2, -0.15) is 4.98 Å². The van der Waals surface area contributed by atoms with Crippen LogP contribution in [-0.2, 0) is 26.3 Å². The molecule has 0 aliphatic heterocycles. The zero-order valence-electron chi connectivity index (χ0n) is 19.2. The monoisotopic (exact) mass is 458 g/mol. The predicted octanol–water partition coefficient (Wildman–Crippen LogP) is 3.12. The van der Waals surface area contributed by atoms with Crippen LogP contribution in [0, 0.1) is 0 Å². The molecule has 0 spiro atoms. The maximum Gasteiger partial charge on any atom is 0.340 e. The van der Waals surface area contributed by atoms with E-state index in [1.165, 1.54) is 27.2 Å². The minimum Gasteiger partial charge on any atom is -0.497 e. The molecule has 0 radical (unpaired) electrons. The average Bonchev–Trinajstić information content (AvgIpc) is 3.17. The minimum absolute atomic E-state index is 0.0708. The lowest BCUT2D eigenvalue weighted by Gasteiger charge is -2.30. The molecule has 0 atom stereocenters. The summed E-state index contributed by atoms with van der Waals surface area (Å²) in [6.07, 6.45) is 5.93. The fourth-order valence-electron chi connectivity index (χ4n) is 4.10. The number of ether oxygens (including phenoxy) is 2. The van der Waals surface area contributed by atoms with Gasteiger partial charge in [-0.05, 0) is 31.0 Å². The van der Waals surface area contributed by atoms with Crippen molar-refractivity contribution in [1.82, 2.24) is 15.5 Å². The van der Waals surface area contributed by atoms with Gasteiger partial charge in [-0.3, -0.25) is 9.59 Å². The van der Waals surface area contributed by atoms with Gasteiger partial charge in [0, 0.05) is 19.8 Å². The third-order valence-electron chi connectivity index (χ3n) is 5.74. The highest BCUT2D eigenvalue weighted by molar-refractivity contribution is 6.01. The van der Waals surface area contributed by atoms with E-state index in [-0.39, 0.29) is 30.2 Å². The fourth-order valence-corrected chi connectivity index (χ4v) is 4.10. The Labute approximate surface area is 192 Å². The highest BCUT2D eigenvalue weighted by Gasteiger charge is 2.38. The molecule has 33 heavy (non-hydrogen) atoms. The molecule has 1 saturated carbocycles. The van der Waals surface area contributed by atoms with Crippen LogP contribution in [0.3, 0.4) is 0 Å². The number of amides is 2. The number of hydrogen-bond donors (Lipinski definition) is 2. The molecule has 0 unspecified atom stereocenters. The zero-order valence-corrected chi connectivity index (χ0v) is 19.2. The normalized spacial score (nSPS) is 15.2. The van der Waals surface area contributed by atoms with Gasteiger partial charge in [-0.1, -0.05) is 30.8 Å². The molecule has 1 aromatic carbocycles. The van der Waals surface area contributed by atoms with Gasteiger partial charge in [0.15, 0.2) is 5.82 Å². The maximum absolute atomic E-state index is 12.5. The van der Waals surface area contributed by atoms with Gasteiger partial charge < -0.3 is 24.6 Å². The smallest absolute Gasteiger partial charge is 0.340 e. The molecule has 1 fully saturated rings.